The van der Waals surface area contributed by atoms with E-state index >= 15 is 0 Å². The van der Waals surface area contributed by atoms with Crippen LogP contribution in [0.1, 0.15) is 42.6 Å². The Morgan fingerprint density at radius 2 is 2.06 bits per heavy atom. The highest BCUT2D eigenvalue weighted by molar-refractivity contribution is 9.10. The maximum absolute atomic E-state index is 11.9. The summed E-state index contributed by atoms with van der Waals surface area (Å²) in [5.74, 6) is 0.707. The number of hydrogen-bond donors (Lipinski definition) is 1. The fraction of sp³-hybridized carbons (Fsp3) is 0.500. The number of nitrogens with one attached hydrogen (secondary N) is 1. The average Bonchev–Trinajstić information content (AvgIpc) is 2.22. The number of carbonyl (C=O) groups is 1. The monoisotopic (exact) mass is 297 g/mol. The number of benzene rings is 1. The van der Waals surface area contributed by atoms with E-state index in [9.17, 15) is 4.79 Å². The lowest BCUT2D eigenvalue weighted by atomic mass is 10.1. The van der Waals surface area contributed by atoms with E-state index in [-0.39, 0.29) is 5.91 Å². The van der Waals surface area contributed by atoms with Crippen LogP contribution in [0.3, 0.4) is 0 Å². The fourth-order valence-electron chi connectivity index (χ4n) is 1.68. The van der Waals surface area contributed by atoms with Gasteiger partial charge in [0.2, 0.25) is 0 Å². The second kappa shape index (κ2) is 6.80. The third-order valence-electron chi connectivity index (χ3n) is 2.55. The number of rotatable bonds is 5. The van der Waals surface area contributed by atoms with E-state index in [1.165, 1.54) is 0 Å². The SMILES string of the molecule is Cc1cc(Br)cc(C(=O)NCCCC(C)C)c1. The minimum absolute atomic E-state index is 0.0122. The molecule has 0 fully saturated rings. The van der Waals surface area contributed by atoms with Crippen LogP contribution in [0.15, 0.2) is 22.7 Å². The molecular weight excluding hydrogens is 278 g/mol. The number of amides is 1. The molecule has 0 aliphatic carbocycles. The van der Waals surface area contributed by atoms with E-state index in [4.69, 9.17) is 0 Å². The number of hydrogen-bond acceptors (Lipinski definition) is 1. The summed E-state index contributed by atoms with van der Waals surface area (Å²) in [4.78, 5) is 11.9. The minimum Gasteiger partial charge on any atom is -0.352 e. The zero-order valence-electron chi connectivity index (χ0n) is 10.7. The molecule has 0 aliphatic rings. The number of halogens is 1. The van der Waals surface area contributed by atoms with E-state index < -0.39 is 0 Å². The minimum atomic E-state index is 0.0122. The van der Waals surface area contributed by atoms with Crippen LogP contribution in [-0.2, 0) is 0 Å². The van der Waals surface area contributed by atoms with Crippen LogP contribution in [-0.4, -0.2) is 12.5 Å². The highest BCUT2D eigenvalue weighted by Gasteiger charge is 2.06. The van der Waals surface area contributed by atoms with Gasteiger partial charge in [-0.3, -0.25) is 4.79 Å². The molecule has 17 heavy (non-hydrogen) atoms. The summed E-state index contributed by atoms with van der Waals surface area (Å²) < 4.78 is 0.949. The Balaban J connectivity index is 2.47. The van der Waals surface area contributed by atoms with E-state index in [0.29, 0.717) is 5.92 Å². The zero-order valence-corrected chi connectivity index (χ0v) is 12.3. The third kappa shape index (κ3) is 5.35. The average molecular weight is 298 g/mol. The third-order valence-corrected chi connectivity index (χ3v) is 3.01. The first-order valence-electron chi connectivity index (χ1n) is 6.04. The van der Waals surface area contributed by atoms with Gasteiger partial charge in [-0.15, -0.1) is 0 Å². The van der Waals surface area contributed by atoms with Crippen LogP contribution in [0.4, 0.5) is 0 Å². The highest BCUT2D eigenvalue weighted by Crippen LogP contribution is 2.15. The van der Waals surface area contributed by atoms with Crippen molar-refractivity contribution in [3.8, 4) is 0 Å². The molecule has 0 bridgehead atoms. The fourth-order valence-corrected chi connectivity index (χ4v) is 2.29. The predicted molar refractivity (Wildman–Crippen MR) is 75.3 cm³/mol. The Kier molecular flexibility index (Phi) is 5.69. The molecule has 0 aliphatic heterocycles. The number of aryl methyl sites for hydroxylation is 1. The largest absolute Gasteiger partial charge is 0.352 e. The van der Waals surface area contributed by atoms with E-state index in [1.54, 1.807) is 0 Å². The Morgan fingerprint density at radius 3 is 2.65 bits per heavy atom. The lowest BCUT2D eigenvalue weighted by Gasteiger charge is -2.08. The highest BCUT2D eigenvalue weighted by atomic mass is 79.9. The van der Waals surface area contributed by atoms with E-state index in [2.05, 4.69) is 35.1 Å². The molecule has 0 atom stereocenters. The molecule has 0 heterocycles. The van der Waals surface area contributed by atoms with Gasteiger partial charge in [-0.25, -0.2) is 0 Å². The van der Waals surface area contributed by atoms with Crippen molar-refractivity contribution in [1.82, 2.24) is 5.32 Å². The molecule has 0 radical (unpaired) electrons. The summed E-state index contributed by atoms with van der Waals surface area (Å²) in [5, 5.41) is 2.95. The molecule has 94 valence electrons. The zero-order chi connectivity index (χ0) is 12.8. The first-order valence-corrected chi connectivity index (χ1v) is 6.83. The summed E-state index contributed by atoms with van der Waals surface area (Å²) in [6.07, 6.45) is 2.19. The molecule has 0 unspecified atom stereocenters. The molecule has 0 saturated carbocycles. The first-order chi connectivity index (χ1) is 7.99. The quantitative estimate of drug-likeness (QED) is 0.820. The second-order valence-electron chi connectivity index (χ2n) is 4.81. The van der Waals surface area contributed by atoms with Gasteiger partial charge < -0.3 is 5.32 Å². The predicted octanol–water partition coefficient (Wildman–Crippen LogP) is 3.92. The van der Waals surface area contributed by atoms with Crippen molar-refractivity contribution in [3.05, 3.63) is 33.8 Å². The molecule has 1 aromatic carbocycles. The summed E-state index contributed by atoms with van der Waals surface area (Å²) in [7, 11) is 0. The molecule has 1 amide bonds. The Morgan fingerprint density at radius 1 is 1.35 bits per heavy atom. The van der Waals surface area contributed by atoms with Gasteiger partial charge in [0.05, 0.1) is 0 Å². The summed E-state index contributed by atoms with van der Waals surface area (Å²) in [5.41, 5.74) is 1.81. The molecule has 2 nitrogen and oxygen atoms in total. The van der Waals surface area contributed by atoms with Gasteiger partial charge in [-0.1, -0.05) is 29.8 Å². The molecular formula is C14H20BrNO. The standard InChI is InChI=1S/C14H20BrNO/c1-10(2)5-4-6-16-14(17)12-7-11(3)8-13(15)9-12/h7-10H,4-6H2,1-3H3,(H,16,17). The summed E-state index contributed by atoms with van der Waals surface area (Å²) in [6, 6.07) is 5.75. The molecule has 1 rings (SSSR count). The van der Waals surface area contributed by atoms with Crippen LogP contribution >= 0.6 is 15.9 Å². The lowest BCUT2D eigenvalue weighted by molar-refractivity contribution is 0.0952. The number of carbonyl (C=O) groups excluding carboxylic acids is 1. The van der Waals surface area contributed by atoms with Gasteiger partial charge in [0.1, 0.15) is 0 Å². The van der Waals surface area contributed by atoms with Crippen molar-refractivity contribution < 1.29 is 4.79 Å². The molecule has 0 spiro atoms. The molecule has 0 saturated heterocycles. The van der Waals surface area contributed by atoms with Crippen LogP contribution in [0, 0.1) is 12.8 Å². The van der Waals surface area contributed by atoms with Crippen molar-refractivity contribution in [2.45, 2.75) is 33.6 Å². The summed E-state index contributed by atoms with van der Waals surface area (Å²) >= 11 is 3.40. The first kappa shape index (κ1) is 14.2. The van der Waals surface area contributed by atoms with Crippen LogP contribution < -0.4 is 5.32 Å². The van der Waals surface area contributed by atoms with Crippen LogP contribution in [0.25, 0.3) is 0 Å². The topological polar surface area (TPSA) is 29.1 Å². The molecule has 0 aromatic heterocycles. The molecule has 1 N–H and O–H groups in total. The van der Waals surface area contributed by atoms with Crippen LogP contribution in [0.2, 0.25) is 0 Å². The van der Waals surface area contributed by atoms with Gasteiger partial charge in [0.25, 0.3) is 5.91 Å². The van der Waals surface area contributed by atoms with E-state index in [0.717, 1.165) is 35.0 Å². The van der Waals surface area contributed by atoms with Crippen molar-refractivity contribution in [1.29, 1.82) is 0 Å². The van der Waals surface area contributed by atoms with Crippen molar-refractivity contribution in [3.63, 3.8) is 0 Å². The van der Waals surface area contributed by atoms with Crippen molar-refractivity contribution in [2.75, 3.05) is 6.54 Å². The maximum atomic E-state index is 11.9. The van der Waals surface area contributed by atoms with Gasteiger partial charge >= 0.3 is 0 Å². The van der Waals surface area contributed by atoms with Gasteiger partial charge in [0.15, 0.2) is 0 Å². The van der Waals surface area contributed by atoms with Gasteiger partial charge in [-0.05, 0) is 49.4 Å². The van der Waals surface area contributed by atoms with E-state index in [1.807, 2.05) is 25.1 Å². The van der Waals surface area contributed by atoms with Gasteiger partial charge in [0, 0.05) is 16.6 Å². The molecule has 3 heteroatoms. The van der Waals surface area contributed by atoms with Crippen LogP contribution in [0.5, 0.6) is 0 Å². The Labute approximate surface area is 112 Å². The van der Waals surface area contributed by atoms with Gasteiger partial charge in [-0.2, -0.15) is 0 Å². The molecule has 1 aromatic rings. The Hall–Kier alpha value is -0.830. The van der Waals surface area contributed by atoms with Crippen molar-refractivity contribution >= 4 is 21.8 Å². The normalized spacial score (nSPS) is 10.6. The van der Waals surface area contributed by atoms with Crippen molar-refractivity contribution in [2.24, 2.45) is 5.92 Å². The summed E-state index contributed by atoms with van der Waals surface area (Å²) in [6.45, 7) is 7.13. The maximum Gasteiger partial charge on any atom is 0.251 e. The second-order valence-corrected chi connectivity index (χ2v) is 5.72. The lowest BCUT2D eigenvalue weighted by Crippen LogP contribution is -2.24. The Bertz CT molecular complexity index is 368. The smallest absolute Gasteiger partial charge is 0.251 e.